The molecule has 0 aromatic carbocycles. The summed E-state index contributed by atoms with van der Waals surface area (Å²) in [6.07, 6.45) is 15.9. The molecular formula is C14H32IN. The summed E-state index contributed by atoms with van der Waals surface area (Å²) < 4.78 is 0. The zero-order chi connectivity index (χ0) is 11.2. The lowest BCUT2D eigenvalue weighted by molar-refractivity contribution is -0.627. The zero-order valence-electron chi connectivity index (χ0n) is 11.4. The molecule has 0 radical (unpaired) electrons. The minimum absolute atomic E-state index is 0. The smallest absolute Gasteiger partial charge is 0.0753 e. The molecule has 0 heterocycles. The van der Waals surface area contributed by atoms with Gasteiger partial charge in [0.05, 0.1) is 13.6 Å². The monoisotopic (exact) mass is 341 g/mol. The summed E-state index contributed by atoms with van der Waals surface area (Å²) in [6, 6.07) is 0. The van der Waals surface area contributed by atoms with E-state index in [1.165, 1.54) is 77.2 Å². The Morgan fingerprint density at radius 2 is 1.00 bits per heavy atom. The first-order chi connectivity index (χ1) is 7.41. The molecule has 0 saturated heterocycles. The van der Waals surface area contributed by atoms with Crippen LogP contribution in [0.25, 0.3) is 0 Å². The van der Waals surface area contributed by atoms with Gasteiger partial charge in [-0.05, 0) is 12.8 Å². The fourth-order valence-corrected chi connectivity index (χ4v) is 2.01. The fraction of sp³-hybridized carbons (Fsp3) is 1.00. The number of unbranched alkanes of at least 4 members (excludes halogenated alkanes) is 10. The van der Waals surface area contributed by atoms with Crippen LogP contribution >= 0.6 is 0 Å². The van der Waals surface area contributed by atoms with Gasteiger partial charge in [-0.1, -0.05) is 64.7 Å². The van der Waals surface area contributed by atoms with Crippen molar-refractivity contribution in [2.75, 3.05) is 13.6 Å². The van der Waals surface area contributed by atoms with E-state index in [4.69, 9.17) is 0 Å². The highest BCUT2D eigenvalue weighted by Gasteiger charge is 1.92. The van der Waals surface area contributed by atoms with Gasteiger partial charge >= 0.3 is 0 Å². The van der Waals surface area contributed by atoms with Crippen LogP contribution in [0.1, 0.15) is 77.6 Å². The maximum absolute atomic E-state index is 2.29. The normalized spacial score (nSPS) is 10.1. The van der Waals surface area contributed by atoms with Crippen molar-refractivity contribution in [3.05, 3.63) is 0 Å². The molecule has 1 nitrogen and oxygen atoms in total. The number of hydrogen-bond acceptors (Lipinski definition) is 0. The predicted octanol–water partition coefficient (Wildman–Crippen LogP) is 0.495. The molecule has 0 aliphatic carbocycles. The van der Waals surface area contributed by atoms with Crippen molar-refractivity contribution in [1.29, 1.82) is 0 Å². The van der Waals surface area contributed by atoms with Gasteiger partial charge in [0.25, 0.3) is 0 Å². The molecule has 2 N–H and O–H groups in total. The van der Waals surface area contributed by atoms with Crippen LogP contribution in [0.4, 0.5) is 0 Å². The summed E-state index contributed by atoms with van der Waals surface area (Å²) in [6.45, 7) is 3.60. The van der Waals surface area contributed by atoms with Crippen molar-refractivity contribution in [3.8, 4) is 0 Å². The summed E-state index contributed by atoms with van der Waals surface area (Å²) in [7, 11) is 2.16. The van der Waals surface area contributed by atoms with E-state index in [9.17, 15) is 0 Å². The SMILES string of the molecule is CCCCCCCCCCCCC[NH2+]C.[I-]. The van der Waals surface area contributed by atoms with Gasteiger partial charge in [-0.2, -0.15) is 0 Å². The molecule has 0 aromatic heterocycles. The van der Waals surface area contributed by atoms with E-state index in [1.807, 2.05) is 0 Å². The fourth-order valence-electron chi connectivity index (χ4n) is 2.01. The highest BCUT2D eigenvalue weighted by Crippen LogP contribution is 2.10. The summed E-state index contributed by atoms with van der Waals surface area (Å²) in [5.74, 6) is 0. The van der Waals surface area contributed by atoms with E-state index in [0.29, 0.717) is 0 Å². The van der Waals surface area contributed by atoms with Gasteiger partial charge in [-0.3, -0.25) is 0 Å². The molecule has 0 aliphatic heterocycles. The molecule has 0 amide bonds. The van der Waals surface area contributed by atoms with Gasteiger partial charge < -0.3 is 29.3 Å². The molecule has 0 fully saturated rings. The Balaban J connectivity index is 0. The van der Waals surface area contributed by atoms with E-state index < -0.39 is 0 Å². The first kappa shape index (κ1) is 19.0. The Labute approximate surface area is 120 Å². The largest absolute Gasteiger partial charge is 1.00 e. The second-order valence-corrected chi connectivity index (χ2v) is 4.73. The van der Waals surface area contributed by atoms with Crippen LogP contribution in [-0.2, 0) is 0 Å². The Morgan fingerprint density at radius 3 is 1.38 bits per heavy atom. The van der Waals surface area contributed by atoms with Crippen LogP contribution in [0.3, 0.4) is 0 Å². The van der Waals surface area contributed by atoms with Crippen molar-refractivity contribution >= 4 is 0 Å². The second-order valence-electron chi connectivity index (χ2n) is 4.73. The van der Waals surface area contributed by atoms with Gasteiger partial charge in [-0.25, -0.2) is 0 Å². The van der Waals surface area contributed by atoms with E-state index in [-0.39, 0.29) is 24.0 Å². The lowest BCUT2D eigenvalue weighted by Crippen LogP contribution is -3.00. The quantitative estimate of drug-likeness (QED) is 0.393. The number of halogens is 1. The van der Waals surface area contributed by atoms with Crippen molar-refractivity contribution in [3.63, 3.8) is 0 Å². The molecule has 0 aromatic rings. The highest BCUT2D eigenvalue weighted by molar-refractivity contribution is 4.47. The van der Waals surface area contributed by atoms with Gasteiger partial charge in [-0.15, -0.1) is 0 Å². The van der Waals surface area contributed by atoms with Crippen molar-refractivity contribution in [1.82, 2.24) is 0 Å². The number of quaternary nitrogens is 1. The summed E-state index contributed by atoms with van der Waals surface area (Å²) in [4.78, 5) is 0. The third-order valence-corrected chi connectivity index (χ3v) is 3.10. The third kappa shape index (κ3) is 17.1. The standard InChI is InChI=1S/C14H31N.HI/c1-3-4-5-6-7-8-9-10-11-12-13-14-15-2;/h15H,3-14H2,1-2H3;1H. The highest BCUT2D eigenvalue weighted by atomic mass is 127. The average Bonchev–Trinajstić information content (AvgIpc) is 2.26. The van der Waals surface area contributed by atoms with E-state index >= 15 is 0 Å². The molecular weight excluding hydrogens is 309 g/mol. The van der Waals surface area contributed by atoms with E-state index in [0.717, 1.165) is 0 Å². The van der Waals surface area contributed by atoms with Crippen molar-refractivity contribution in [2.45, 2.75) is 77.6 Å². The Hall–Kier alpha value is 0.690. The second kappa shape index (κ2) is 18.1. The maximum atomic E-state index is 2.29. The average molecular weight is 341 g/mol. The Bertz CT molecular complexity index is 94.9. The number of rotatable bonds is 12. The lowest BCUT2D eigenvalue weighted by atomic mass is 10.1. The van der Waals surface area contributed by atoms with Gasteiger partial charge in [0, 0.05) is 0 Å². The summed E-state index contributed by atoms with van der Waals surface area (Å²) in [5.41, 5.74) is 0. The maximum Gasteiger partial charge on any atom is 0.0753 e. The number of nitrogens with two attached hydrogens (primary N) is 1. The topological polar surface area (TPSA) is 16.6 Å². The molecule has 0 saturated carbocycles. The molecule has 0 bridgehead atoms. The molecule has 2 heteroatoms. The van der Waals surface area contributed by atoms with Crippen LogP contribution in [-0.4, -0.2) is 13.6 Å². The van der Waals surface area contributed by atoms with Gasteiger partial charge in [0.15, 0.2) is 0 Å². The van der Waals surface area contributed by atoms with Crippen LogP contribution in [0.2, 0.25) is 0 Å². The molecule has 0 unspecified atom stereocenters. The predicted molar refractivity (Wildman–Crippen MR) is 69.2 cm³/mol. The molecule has 0 aliphatic rings. The molecule has 16 heavy (non-hydrogen) atoms. The van der Waals surface area contributed by atoms with Crippen LogP contribution in [0, 0.1) is 0 Å². The minimum atomic E-state index is 0. The minimum Gasteiger partial charge on any atom is -1.00 e. The first-order valence-electron chi connectivity index (χ1n) is 7.19. The Kier molecular flexibility index (Phi) is 21.5. The van der Waals surface area contributed by atoms with Crippen LogP contribution in [0.15, 0.2) is 0 Å². The summed E-state index contributed by atoms with van der Waals surface area (Å²) in [5, 5.41) is 2.29. The first-order valence-corrected chi connectivity index (χ1v) is 7.19. The zero-order valence-corrected chi connectivity index (χ0v) is 13.6. The number of hydrogen-bond donors (Lipinski definition) is 1. The van der Waals surface area contributed by atoms with Gasteiger partial charge in [0.1, 0.15) is 0 Å². The third-order valence-electron chi connectivity index (χ3n) is 3.10. The van der Waals surface area contributed by atoms with E-state index in [1.54, 1.807) is 0 Å². The molecule has 0 rings (SSSR count). The molecule has 100 valence electrons. The van der Waals surface area contributed by atoms with E-state index in [2.05, 4.69) is 19.3 Å². The van der Waals surface area contributed by atoms with Gasteiger partial charge in [0.2, 0.25) is 0 Å². The van der Waals surface area contributed by atoms with Crippen LogP contribution in [0.5, 0.6) is 0 Å². The van der Waals surface area contributed by atoms with Crippen molar-refractivity contribution < 1.29 is 29.3 Å². The van der Waals surface area contributed by atoms with Crippen molar-refractivity contribution in [2.24, 2.45) is 0 Å². The van der Waals surface area contributed by atoms with Crippen LogP contribution < -0.4 is 29.3 Å². The molecule has 0 spiro atoms. The Morgan fingerprint density at radius 1 is 0.625 bits per heavy atom. The molecule has 0 atom stereocenters. The summed E-state index contributed by atoms with van der Waals surface area (Å²) >= 11 is 0. The lowest BCUT2D eigenvalue weighted by Gasteiger charge is -2.01.